The van der Waals surface area contributed by atoms with E-state index in [0.717, 1.165) is 42.4 Å². The van der Waals surface area contributed by atoms with Crippen molar-refractivity contribution in [1.82, 2.24) is 15.6 Å². The number of rotatable bonds is 11. The molecule has 0 saturated heterocycles. The van der Waals surface area contributed by atoms with Crippen LogP contribution in [0.4, 0.5) is 0 Å². The minimum absolute atomic E-state index is 0.546. The zero-order valence-electron chi connectivity index (χ0n) is 17.4. The van der Waals surface area contributed by atoms with Crippen LogP contribution in [0.2, 0.25) is 0 Å². The number of aryl methyl sites for hydroxylation is 2. The van der Waals surface area contributed by atoms with Crippen molar-refractivity contribution < 1.29 is 9.47 Å². The summed E-state index contributed by atoms with van der Waals surface area (Å²) in [4.78, 5) is 8.90. The van der Waals surface area contributed by atoms with Crippen LogP contribution in [-0.4, -0.2) is 44.4 Å². The monoisotopic (exact) mass is 404 g/mol. The molecule has 1 aromatic carbocycles. The van der Waals surface area contributed by atoms with E-state index in [2.05, 4.69) is 58.0 Å². The molecule has 0 fully saturated rings. The minimum Gasteiger partial charge on any atom is -0.491 e. The number of ether oxygens (including phenoxy) is 2. The van der Waals surface area contributed by atoms with Crippen LogP contribution >= 0.6 is 11.3 Å². The number of aliphatic imine (C=N–C) groups is 1. The van der Waals surface area contributed by atoms with Crippen molar-refractivity contribution in [1.29, 1.82) is 0 Å². The molecule has 154 valence electrons. The van der Waals surface area contributed by atoms with Crippen molar-refractivity contribution in [2.24, 2.45) is 4.99 Å². The van der Waals surface area contributed by atoms with Gasteiger partial charge in [0.1, 0.15) is 12.4 Å². The molecule has 0 spiro atoms. The fourth-order valence-electron chi connectivity index (χ4n) is 2.63. The van der Waals surface area contributed by atoms with Gasteiger partial charge in [-0.1, -0.05) is 19.1 Å². The molecule has 0 amide bonds. The zero-order valence-corrected chi connectivity index (χ0v) is 18.2. The lowest BCUT2D eigenvalue weighted by atomic mass is 10.1. The van der Waals surface area contributed by atoms with Gasteiger partial charge in [-0.2, -0.15) is 0 Å². The number of hydrogen-bond donors (Lipinski definition) is 2. The second kappa shape index (κ2) is 12.4. The van der Waals surface area contributed by atoms with E-state index in [4.69, 9.17) is 9.47 Å². The highest BCUT2D eigenvalue weighted by Gasteiger charge is 2.07. The molecule has 28 heavy (non-hydrogen) atoms. The normalized spacial score (nSPS) is 11.5. The summed E-state index contributed by atoms with van der Waals surface area (Å²) in [7, 11) is 1.78. The van der Waals surface area contributed by atoms with Gasteiger partial charge in [-0.25, -0.2) is 4.98 Å². The van der Waals surface area contributed by atoms with Gasteiger partial charge in [-0.05, 0) is 31.9 Å². The Hall–Kier alpha value is -2.12. The van der Waals surface area contributed by atoms with Gasteiger partial charge in [0.25, 0.3) is 0 Å². The summed E-state index contributed by atoms with van der Waals surface area (Å²) < 4.78 is 11.3. The molecule has 0 saturated carbocycles. The number of benzene rings is 1. The van der Waals surface area contributed by atoms with Gasteiger partial charge < -0.3 is 20.1 Å². The van der Waals surface area contributed by atoms with E-state index in [1.54, 1.807) is 18.4 Å². The van der Waals surface area contributed by atoms with Gasteiger partial charge >= 0.3 is 0 Å². The molecular weight excluding hydrogens is 372 g/mol. The van der Waals surface area contributed by atoms with Gasteiger partial charge in [-0.3, -0.25) is 4.99 Å². The molecule has 0 radical (unpaired) electrons. The van der Waals surface area contributed by atoms with E-state index in [9.17, 15) is 0 Å². The van der Waals surface area contributed by atoms with Crippen LogP contribution < -0.4 is 15.4 Å². The molecule has 0 unspecified atom stereocenters. The predicted octanol–water partition coefficient (Wildman–Crippen LogP) is 3.34. The Kier molecular flexibility index (Phi) is 9.79. The fraction of sp³-hybridized carbons (Fsp3) is 0.524. The quantitative estimate of drug-likeness (QED) is 0.342. The van der Waals surface area contributed by atoms with Crippen molar-refractivity contribution >= 4 is 17.3 Å². The molecular formula is C21H32N4O2S. The summed E-state index contributed by atoms with van der Waals surface area (Å²) in [6.07, 6.45) is 1.88. The number of guanidine groups is 1. The van der Waals surface area contributed by atoms with E-state index in [-0.39, 0.29) is 0 Å². The minimum atomic E-state index is 0.546. The standard InChI is InChI=1S/C21H32N4O2S/c1-5-20-25-18(15-28-20)9-10-23-21(22-4)24-14-17-8-7-16(3)13-19(17)27-12-11-26-6-2/h7-8,13,15H,5-6,9-12,14H2,1-4H3,(H2,22,23,24). The predicted molar refractivity (Wildman–Crippen MR) is 117 cm³/mol. The SMILES string of the molecule is CCOCCOc1cc(C)ccc1CNC(=NC)NCCc1csc(CC)n1. The first-order valence-corrected chi connectivity index (χ1v) is 10.7. The maximum Gasteiger partial charge on any atom is 0.191 e. The highest BCUT2D eigenvalue weighted by molar-refractivity contribution is 7.09. The lowest BCUT2D eigenvalue weighted by Gasteiger charge is -2.15. The largest absolute Gasteiger partial charge is 0.491 e. The molecule has 1 aromatic heterocycles. The van der Waals surface area contributed by atoms with Gasteiger partial charge in [0.15, 0.2) is 5.96 Å². The van der Waals surface area contributed by atoms with Crippen LogP contribution in [0.3, 0.4) is 0 Å². The number of nitrogens with zero attached hydrogens (tertiary/aromatic N) is 2. The summed E-state index contributed by atoms with van der Waals surface area (Å²) in [5.41, 5.74) is 3.40. The number of aromatic nitrogens is 1. The summed E-state index contributed by atoms with van der Waals surface area (Å²) in [5.74, 6) is 1.66. The smallest absolute Gasteiger partial charge is 0.191 e. The van der Waals surface area contributed by atoms with Crippen LogP contribution in [0.5, 0.6) is 5.75 Å². The summed E-state index contributed by atoms with van der Waals surface area (Å²) in [6, 6.07) is 6.25. The second-order valence-electron chi connectivity index (χ2n) is 6.35. The fourth-order valence-corrected chi connectivity index (χ4v) is 3.41. The molecule has 2 rings (SSSR count). The van der Waals surface area contributed by atoms with Crippen LogP contribution in [0.1, 0.15) is 35.7 Å². The third-order valence-corrected chi connectivity index (χ3v) is 5.20. The average molecular weight is 405 g/mol. The third-order valence-electron chi connectivity index (χ3n) is 4.16. The van der Waals surface area contributed by atoms with E-state index in [1.807, 2.05) is 6.92 Å². The number of thiazole rings is 1. The highest BCUT2D eigenvalue weighted by atomic mass is 32.1. The van der Waals surface area contributed by atoms with Crippen LogP contribution in [-0.2, 0) is 24.1 Å². The van der Waals surface area contributed by atoms with Crippen LogP contribution in [0.25, 0.3) is 0 Å². The Bertz CT molecular complexity index is 746. The van der Waals surface area contributed by atoms with Crippen molar-refractivity contribution in [3.05, 3.63) is 45.4 Å². The maximum absolute atomic E-state index is 5.91. The molecule has 0 atom stereocenters. The molecule has 2 aromatic rings. The van der Waals surface area contributed by atoms with Gasteiger partial charge in [0.2, 0.25) is 0 Å². The molecule has 2 N–H and O–H groups in total. The molecule has 6 nitrogen and oxygen atoms in total. The van der Waals surface area contributed by atoms with Crippen LogP contribution in [0, 0.1) is 6.92 Å². The Morgan fingerprint density at radius 1 is 1.21 bits per heavy atom. The molecule has 0 aliphatic carbocycles. The third kappa shape index (κ3) is 7.48. The Labute approximate surface area is 172 Å². The number of nitrogens with one attached hydrogen (secondary N) is 2. The van der Waals surface area contributed by atoms with E-state index in [1.165, 1.54) is 10.6 Å². The maximum atomic E-state index is 5.91. The van der Waals surface area contributed by atoms with E-state index < -0.39 is 0 Å². The molecule has 0 aliphatic rings. The average Bonchev–Trinajstić information content (AvgIpc) is 3.17. The Morgan fingerprint density at radius 3 is 2.79 bits per heavy atom. The van der Waals surface area contributed by atoms with Gasteiger partial charge in [0.05, 0.1) is 17.3 Å². The molecule has 7 heteroatoms. The first kappa shape index (κ1) is 22.2. The Morgan fingerprint density at radius 2 is 2.07 bits per heavy atom. The molecule has 0 aliphatic heterocycles. The van der Waals surface area contributed by atoms with Crippen molar-refractivity contribution in [3.63, 3.8) is 0 Å². The Balaban J connectivity index is 1.83. The number of hydrogen-bond acceptors (Lipinski definition) is 5. The summed E-state index contributed by atoms with van der Waals surface area (Å²) in [5, 5.41) is 10.0. The van der Waals surface area contributed by atoms with E-state index >= 15 is 0 Å². The zero-order chi connectivity index (χ0) is 20.2. The lowest BCUT2D eigenvalue weighted by molar-refractivity contribution is 0.110. The van der Waals surface area contributed by atoms with Crippen molar-refractivity contribution in [2.45, 2.75) is 40.2 Å². The second-order valence-corrected chi connectivity index (χ2v) is 7.29. The first-order chi connectivity index (χ1) is 13.7. The van der Waals surface area contributed by atoms with Crippen molar-refractivity contribution in [3.8, 4) is 5.75 Å². The molecule has 0 bridgehead atoms. The summed E-state index contributed by atoms with van der Waals surface area (Å²) in [6.45, 7) is 9.45. The first-order valence-electron chi connectivity index (χ1n) is 9.84. The van der Waals surface area contributed by atoms with Crippen molar-refractivity contribution in [2.75, 3.05) is 33.4 Å². The summed E-state index contributed by atoms with van der Waals surface area (Å²) >= 11 is 1.73. The van der Waals surface area contributed by atoms with Gasteiger partial charge in [0, 0.05) is 44.1 Å². The highest BCUT2D eigenvalue weighted by Crippen LogP contribution is 2.20. The van der Waals surface area contributed by atoms with Crippen LogP contribution in [0.15, 0.2) is 28.6 Å². The van der Waals surface area contributed by atoms with E-state index in [0.29, 0.717) is 26.4 Å². The van der Waals surface area contributed by atoms with Gasteiger partial charge in [-0.15, -0.1) is 11.3 Å². The topological polar surface area (TPSA) is 67.8 Å². The molecule has 1 heterocycles. The lowest BCUT2D eigenvalue weighted by Crippen LogP contribution is -2.38.